The Hall–Kier alpha value is -4.45. The molecule has 388 valence electrons. The molecule has 0 aromatic heterocycles. The summed E-state index contributed by atoms with van der Waals surface area (Å²) in [6.07, 6.45) is 78.7. The molecule has 0 amide bonds. The van der Waals surface area contributed by atoms with E-state index in [0.717, 1.165) is 96.3 Å². The van der Waals surface area contributed by atoms with Gasteiger partial charge in [-0.25, -0.2) is 0 Å². The van der Waals surface area contributed by atoms with Gasteiger partial charge in [0.1, 0.15) is 13.2 Å². The fraction of sp³-hybridized carbons (Fsp3) is 0.603. The molecule has 0 aromatic rings. The summed E-state index contributed by atoms with van der Waals surface area (Å²) >= 11 is 0. The van der Waals surface area contributed by atoms with Crippen molar-refractivity contribution < 1.29 is 28.6 Å². The number of carbonyl (C=O) groups is 3. The molecule has 0 bridgehead atoms. The number of carbonyl (C=O) groups excluding carboxylic acids is 3. The Morgan fingerprint density at radius 1 is 0.290 bits per heavy atom. The second-order valence-corrected chi connectivity index (χ2v) is 17.8. The van der Waals surface area contributed by atoms with E-state index in [-0.39, 0.29) is 44.0 Å². The highest BCUT2D eigenvalue weighted by molar-refractivity contribution is 5.71. The summed E-state index contributed by atoms with van der Waals surface area (Å²) in [6, 6.07) is 0. The fourth-order valence-corrected chi connectivity index (χ4v) is 6.90. The highest BCUT2D eigenvalue weighted by Crippen LogP contribution is 2.11. The minimum absolute atomic E-state index is 0.133. The molecule has 0 radical (unpaired) electrons. The maximum atomic E-state index is 12.8. The normalized spacial score (nSPS) is 13.1. The molecule has 0 aliphatic carbocycles. The highest BCUT2D eigenvalue weighted by Gasteiger charge is 2.19. The number of rotatable bonds is 48. The van der Waals surface area contributed by atoms with Crippen LogP contribution in [0.2, 0.25) is 0 Å². The fourth-order valence-electron chi connectivity index (χ4n) is 6.90. The predicted molar refractivity (Wildman–Crippen MR) is 297 cm³/mol. The zero-order valence-corrected chi connectivity index (χ0v) is 44.3. The third-order valence-electron chi connectivity index (χ3n) is 11.1. The summed E-state index contributed by atoms with van der Waals surface area (Å²) in [4.78, 5) is 38.1. The molecule has 6 nitrogen and oxygen atoms in total. The van der Waals surface area contributed by atoms with Gasteiger partial charge in [-0.1, -0.05) is 206 Å². The molecule has 0 aromatic carbocycles. The van der Waals surface area contributed by atoms with Gasteiger partial charge in [-0.2, -0.15) is 0 Å². The van der Waals surface area contributed by atoms with Crippen molar-refractivity contribution in [3.05, 3.63) is 134 Å². The Kier molecular flexibility index (Phi) is 52.5. The first-order chi connectivity index (χ1) is 34.0. The average Bonchev–Trinajstić information content (AvgIpc) is 3.35. The third-order valence-corrected chi connectivity index (χ3v) is 11.1. The van der Waals surface area contributed by atoms with E-state index in [9.17, 15) is 14.4 Å². The van der Waals surface area contributed by atoms with E-state index in [0.29, 0.717) is 19.3 Å². The lowest BCUT2D eigenvalue weighted by atomic mass is 10.1. The highest BCUT2D eigenvalue weighted by atomic mass is 16.6. The molecule has 0 spiro atoms. The summed E-state index contributed by atoms with van der Waals surface area (Å²) in [6.45, 7) is 6.43. The third kappa shape index (κ3) is 54.4. The van der Waals surface area contributed by atoms with Gasteiger partial charge >= 0.3 is 17.9 Å². The van der Waals surface area contributed by atoms with Crippen molar-refractivity contribution >= 4 is 17.9 Å². The minimum Gasteiger partial charge on any atom is -0.462 e. The lowest BCUT2D eigenvalue weighted by Gasteiger charge is -2.18. The van der Waals surface area contributed by atoms with E-state index in [1.165, 1.54) is 77.0 Å². The number of hydrogen-bond acceptors (Lipinski definition) is 6. The van der Waals surface area contributed by atoms with Crippen LogP contribution in [0.15, 0.2) is 134 Å². The van der Waals surface area contributed by atoms with Gasteiger partial charge in [0.05, 0.1) is 0 Å². The van der Waals surface area contributed by atoms with Crippen molar-refractivity contribution in [1.29, 1.82) is 0 Å². The van der Waals surface area contributed by atoms with Crippen molar-refractivity contribution in [2.75, 3.05) is 13.2 Å². The number of ether oxygens (including phenoxy) is 3. The first-order valence-corrected chi connectivity index (χ1v) is 27.7. The number of allylic oxidation sites excluding steroid dienone is 22. The maximum Gasteiger partial charge on any atom is 0.306 e. The zero-order valence-electron chi connectivity index (χ0n) is 44.3. The molecule has 0 heterocycles. The van der Waals surface area contributed by atoms with Crippen LogP contribution in [0.4, 0.5) is 0 Å². The molecule has 0 saturated carbocycles. The first-order valence-electron chi connectivity index (χ1n) is 27.7. The molecule has 0 saturated heterocycles. The van der Waals surface area contributed by atoms with Crippen LogP contribution in [-0.2, 0) is 28.6 Å². The number of hydrogen-bond donors (Lipinski definition) is 0. The Bertz CT molecular complexity index is 1510. The SMILES string of the molecule is CCCCC/C=C\C/C=C\C/C=C\C/C=C\CCCC(=O)OC[C@H](COC(=O)CCCCCC/C=C\C/C=C\C/C=C\CCCCC)OC(=O)CCC/C=C\C/C=C\C/C=C\C/C=C\CCCCC. The summed E-state index contributed by atoms with van der Waals surface area (Å²) in [7, 11) is 0. The summed E-state index contributed by atoms with van der Waals surface area (Å²) in [5.74, 6) is -1.07. The monoisotopic (exact) mass is 953 g/mol. The van der Waals surface area contributed by atoms with E-state index in [1.807, 2.05) is 0 Å². The summed E-state index contributed by atoms with van der Waals surface area (Å²) in [5, 5.41) is 0. The molecule has 0 unspecified atom stereocenters. The molecule has 0 fully saturated rings. The van der Waals surface area contributed by atoms with E-state index in [2.05, 4.69) is 154 Å². The zero-order chi connectivity index (χ0) is 50.0. The van der Waals surface area contributed by atoms with E-state index in [4.69, 9.17) is 14.2 Å². The minimum atomic E-state index is -0.843. The molecule has 0 aliphatic rings. The van der Waals surface area contributed by atoms with Crippen LogP contribution in [0.1, 0.15) is 226 Å². The molecule has 6 heteroatoms. The van der Waals surface area contributed by atoms with Gasteiger partial charge in [0, 0.05) is 19.3 Å². The molecular formula is C63H100O6. The first kappa shape index (κ1) is 64.5. The molecule has 0 rings (SSSR count). The van der Waals surface area contributed by atoms with Crippen LogP contribution in [0.25, 0.3) is 0 Å². The van der Waals surface area contributed by atoms with Gasteiger partial charge < -0.3 is 14.2 Å². The van der Waals surface area contributed by atoms with Crippen LogP contribution < -0.4 is 0 Å². The van der Waals surface area contributed by atoms with Crippen molar-refractivity contribution in [2.24, 2.45) is 0 Å². The molecule has 0 N–H and O–H groups in total. The van der Waals surface area contributed by atoms with Crippen molar-refractivity contribution in [2.45, 2.75) is 232 Å². The maximum absolute atomic E-state index is 12.8. The lowest BCUT2D eigenvalue weighted by molar-refractivity contribution is -0.167. The molecule has 1 atom stereocenters. The van der Waals surface area contributed by atoms with Crippen molar-refractivity contribution in [3.8, 4) is 0 Å². The summed E-state index contributed by atoms with van der Waals surface area (Å²) in [5.41, 5.74) is 0. The Labute approximate surface area is 424 Å². The van der Waals surface area contributed by atoms with Gasteiger partial charge in [0.15, 0.2) is 6.10 Å². The quantitative estimate of drug-likeness (QED) is 0.0262. The molecule has 0 aliphatic heterocycles. The van der Waals surface area contributed by atoms with Crippen molar-refractivity contribution in [3.63, 3.8) is 0 Å². The Balaban J connectivity index is 4.63. The topological polar surface area (TPSA) is 78.9 Å². The number of unbranched alkanes of at least 4 members (excludes halogenated alkanes) is 15. The van der Waals surface area contributed by atoms with E-state index < -0.39 is 6.10 Å². The van der Waals surface area contributed by atoms with E-state index >= 15 is 0 Å². The van der Waals surface area contributed by atoms with Gasteiger partial charge in [-0.3, -0.25) is 14.4 Å². The summed E-state index contributed by atoms with van der Waals surface area (Å²) < 4.78 is 16.7. The molecular weight excluding hydrogens is 853 g/mol. The standard InChI is InChI=1S/C63H100O6/c1-4-7-10-13-16-19-22-25-28-31-34-37-40-43-46-49-52-55-61(64)67-58-60(69-63(66)57-54-51-48-45-42-39-36-33-30-27-24-21-18-15-12-9-6-3)59-68-62(65)56-53-50-47-44-41-38-35-32-29-26-23-20-17-14-11-8-5-2/h16-21,25-30,34-39,43,45-46,48,60H,4-15,22-24,31-33,40-42,44,47,49-59H2,1-3H3/b19-16-,20-17-,21-18-,28-25-,29-26-,30-27-,37-34-,38-35-,39-36-,46-43-,48-45-/t60-/m1/s1. The van der Waals surface area contributed by atoms with Gasteiger partial charge in [0.25, 0.3) is 0 Å². The van der Waals surface area contributed by atoms with Crippen LogP contribution in [0.3, 0.4) is 0 Å². The Morgan fingerprint density at radius 3 is 0.855 bits per heavy atom. The predicted octanol–water partition coefficient (Wildman–Crippen LogP) is 18.6. The Morgan fingerprint density at radius 2 is 0.536 bits per heavy atom. The van der Waals surface area contributed by atoms with Crippen LogP contribution in [0.5, 0.6) is 0 Å². The second kappa shape index (κ2) is 56.1. The number of esters is 3. The largest absolute Gasteiger partial charge is 0.462 e. The van der Waals surface area contributed by atoms with Gasteiger partial charge in [0.2, 0.25) is 0 Å². The van der Waals surface area contributed by atoms with E-state index in [1.54, 1.807) is 0 Å². The smallest absolute Gasteiger partial charge is 0.306 e. The van der Waals surface area contributed by atoms with Gasteiger partial charge in [-0.15, -0.1) is 0 Å². The van der Waals surface area contributed by atoms with Crippen LogP contribution >= 0.6 is 0 Å². The van der Waals surface area contributed by atoms with Crippen LogP contribution in [0, 0.1) is 0 Å². The van der Waals surface area contributed by atoms with Crippen molar-refractivity contribution in [1.82, 2.24) is 0 Å². The van der Waals surface area contributed by atoms with Crippen LogP contribution in [-0.4, -0.2) is 37.2 Å². The average molecular weight is 953 g/mol. The molecule has 69 heavy (non-hydrogen) atoms. The second-order valence-electron chi connectivity index (χ2n) is 17.8. The lowest BCUT2D eigenvalue weighted by Crippen LogP contribution is -2.30. The van der Waals surface area contributed by atoms with Gasteiger partial charge in [-0.05, 0) is 135 Å².